The highest BCUT2D eigenvalue weighted by Crippen LogP contribution is 1.99. The van der Waals surface area contributed by atoms with E-state index >= 15 is 0 Å². The Bertz CT molecular complexity index is 243. The molecule has 0 unspecified atom stereocenters. The molecule has 0 radical (unpaired) electrons. The number of aryl methyl sites for hydroxylation is 1. The Morgan fingerprint density at radius 2 is 2.50 bits per heavy atom. The van der Waals surface area contributed by atoms with Gasteiger partial charge in [0, 0.05) is 0 Å². The zero-order valence-corrected chi connectivity index (χ0v) is 5.29. The molecular formula is C4H6N4O2. The standard InChI is InChI=1S/C4H6N4O2/c1-2-6-4(10-8-2)7-3(5)9/h1H3,(H3,5,6,7,8,9). The fraction of sp³-hybridized carbons (Fsp3) is 0.250. The van der Waals surface area contributed by atoms with Crippen LogP contribution in [-0.2, 0) is 0 Å². The minimum atomic E-state index is -0.719. The molecule has 54 valence electrons. The van der Waals surface area contributed by atoms with Crippen molar-refractivity contribution in [1.82, 2.24) is 10.1 Å². The predicted octanol–water partition coefficient (Wildman–Crippen LogP) is -0.131. The Labute approximate surface area is 56.4 Å². The van der Waals surface area contributed by atoms with Gasteiger partial charge in [0.05, 0.1) is 0 Å². The summed E-state index contributed by atoms with van der Waals surface area (Å²) in [6.45, 7) is 1.63. The molecule has 1 rings (SSSR count). The first kappa shape index (κ1) is 6.53. The maximum absolute atomic E-state index is 10.2. The van der Waals surface area contributed by atoms with Crippen molar-refractivity contribution in [3.63, 3.8) is 0 Å². The smallest absolute Gasteiger partial charge is 0.329 e. The summed E-state index contributed by atoms with van der Waals surface area (Å²) in [4.78, 5) is 13.8. The number of nitrogens with one attached hydrogen (secondary N) is 1. The van der Waals surface area contributed by atoms with Crippen molar-refractivity contribution in [1.29, 1.82) is 0 Å². The molecule has 0 fully saturated rings. The van der Waals surface area contributed by atoms with Crippen LogP contribution in [0.1, 0.15) is 5.82 Å². The maximum atomic E-state index is 10.2. The van der Waals surface area contributed by atoms with Crippen LogP contribution in [0.2, 0.25) is 0 Å². The first-order valence-electron chi connectivity index (χ1n) is 2.55. The van der Waals surface area contributed by atoms with Gasteiger partial charge in [0.2, 0.25) is 0 Å². The van der Waals surface area contributed by atoms with Crippen LogP contribution in [0, 0.1) is 6.92 Å². The molecule has 6 heteroatoms. The Hall–Kier alpha value is -1.59. The van der Waals surface area contributed by atoms with Gasteiger partial charge in [0.25, 0.3) is 0 Å². The number of amides is 2. The highest BCUT2D eigenvalue weighted by atomic mass is 16.5. The van der Waals surface area contributed by atoms with Crippen LogP contribution in [0.5, 0.6) is 0 Å². The summed E-state index contributed by atoms with van der Waals surface area (Å²) in [6, 6.07) is -0.700. The summed E-state index contributed by atoms with van der Waals surface area (Å²) in [6.07, 6.45) is 0. The monoisotopic (exact) mass is 142 g/mol. The van der Waals surface area contributed by atoms with E-state index in [9.17, 15) is 4.79 Å². The van der Waals surface area contributed by atoms with E-state index in [1.807, 2.05) is 0 Å². The number of primary amides is 1. The number of carbonyl (C=O) groups is 1. The Balaban J connectivity index is 2.67. The summed E-state index contributed by atoms with van der Waals surface area (Å²) in [5.41, 5.74) is 4.76. The number of aromatic nitrogens is 2. The largest absolute Gasteiger partial charge is 0.351 e. The fourth-order valence-corrected chi connectivity index (χ4v) is 0.453. The summed E-state index contributed by atoms with van der Waals surface area (Å²) >= 11 is 0. The van der Waals surface area contributed by atoms with Crippen LogP contribution in [0.15, 0.2) is 4.52 Å². The van der Waals surface area contributed by atoms with E-state index in [-0.39, 0.29) is 6.01 Å². The van der Waals surface area contributed by atoms with Crippen molar-refractivity contribution in [3.05, 3.63) is 5.82 Å². The number of urea groups is 1. The van der Waals surface area contributed by atoms with E-state index in [1.54, 1.807) is 6.92 Å². The lowest BCUT2D eigenvalue weighted by molar-refractivity contribution is 0.258. The molecule has 3 N–H and O–H groups in total. The first-order valence-corrected chi connectivity index (χ1v) is 2.55. The Kier molecular flexibility index (Phi) is 1.53. The Morgan fingerprint density at radius 3 is 2.90 bits per heavy atom. The molecule has 0 aliphatic carbocycles. The molecule has 0 aliphatic heterocycles. The number of nitrogens with zero attached hydrogens (tertiary/aromatic N) is 2. The maximum Gasteiger partial charge on any atom is 0.329 e. The second kappa shape index (κ2) is 2.34. The first-order chi connectivity index (χ1) is 4.68. The van der Waals surface area contributed by atoms with Crippen LogP contribution in [0.25, 0.3) is 0 Å². The normalized spacial score (nSPS) is 9.30. The van der Waals surface area contributed by atoms with E-state index in [2.05, 4.69) is 20.0 Å². The molecule has 0 atom stereocenters. The second-order valence-corrected chi connectivity index (χ2v) is 1.64. The van der Waals surface area contributed by atoms with Crippen molar-refractivity contribution in [2.45, 2.75) is 6.92 Å². The Morgan fingerprint density at radius 1 is 1.80 bits per heavy atom. The molecule has 0 bridgehead atoms. The lowest BCUT2D eigenvalue weighted by Gasteiger charge is -1.88. The third kappa shape index (κ3) is 1.44. The fourth-order valence-electron chi connectivity index (χ4n) is 0.453. The van der Waals surface area contributed by atoms with Crippen LogP contribution < -0.4 is 11.1 Å². The van der Waals surface area contributed by atoms with E-state index in [4.69, 9.17) is 5.73 Å². The van der Waals surface area contributed by atoms with Crippen molar-refractivity contribution in [2.24, 2.45) is 5.73 Å². The van der Waals surface area contributed by atoms with Crippen LogP contribution in [0.4, 0.5) is 10.8 Å². The van der Waals surface area contributed by atoms with Crippen molar-refractivity contribution in [2.75, 3.05) is 5.32 Å². The van der Waals surface area contributed by atoms with Gasteiger partial charge in [0.1, 0.15) is 0 Å². The molecule has 0 saturated heterocycles. The molecule has 0 aliphatic rings. The van der Waals surface area contributed by atoms with Gasteiger partial charge in [-0.3, -0.25) is 5.32 Å². The lowest BCUT2D eigenvalue weighted by atomic mass is 10.7. The van der Waals surface area contributed by atoms with Gasteiger partial charge in [-0.1, -0.05) is 5.16 Å². The third-order valence-electron chi connectivity index (χ3n) is 0.758. The van der Waals surface area contributed by atoms with Gasteiger partial charge >= 0.3 is 12.0 Å². The van der Waals surface area contributed by atoms with Crippen molar-refractivity contribution >= 4 is 12.0 Å². The average molecular weight is 142 g/mol. The van der Waals surface area contributed by atoms with Gasteiger partial charge < -0.3 is 10.3 Å². The van der Waals surface area contributed by atoms with Gasteiger partial charge in [-0.2, -0.15) is 4.98 Å². The zero-order valence-electron chi connectivity index (χ0n) is 5.29. The highest BCUT2D eigenvalue weighted by molar-refractivity contribution is 5.85. The van der Waals surface area contributed by atoms with Gasteiger partial charge in [-0.25, -0.2) is 4.79 Å². The van der Waals surface area contributed by atoms with Crippen molar-refractivity contribution < 1.29 is 9.32 Å². The van der Waals surface area contributed by atoms with Gasteiger partial charge in [-0.05, 0) is 6.92 Å². The molecule has 0 spiro atoms. The topological polar surface area (TPSA) is 94.0 Å². The highest BCUT2D eigenvalue weighted by Gasteiger charge is 2.02. The minimum absolute atomic E-state index is 0.0185. The van der Waals surface area contributed by atoms with Gasteiger partial charge in [-0.15, -0.1) is 0 Å². The van der Waals surface area contributed by atoms with Crippen molar-refractivity contribution in [3.8, 4) is 0 Å². The number of carbonyl (C=O) groups excluding carboxylic acids is 1. The van der Waals surface area contributed by atoms with Gasteiger partial charge in [0.15, 0.2) is 5.82 Å². The van der Waals surface area contributed by atoms with E-state index in [1.165, 1.54) is 0 Å². The molecule has 1 heterocycles. The summed E-state index contributed by atoms with van der Waals surface area (Å²) in [7, 11) is 0. The summed E-state index contributed by atoms with van der Waals surface area (Å²) in [5.74, 6) is 0.448. The number of hydrogen-bond donors (Lipinski definition) is 2. The number of nitrogens with two attached hydrogens (primary N) is 1. The molecule has 0 aromatic carbocycles. The minimum Gasteiger partial charge on any atom is -0.351 e. The molecule has 2 amide bonds. The lowest BCUT2D eigenvalue weighted by Crippen LogP contribution is -2.19. The molecule has 10 heavy (non-hydrogen) atoms. The zero-order chi connectivity index (χ0) is 7.56. The molecule has 1 aromatic rings. The number of anilines is 1. The SMILES string of the molecule is Cc1noc(NC(N)=O)n1. The molecular weight excluding hydrogens is 136 g/mol. The number of hydrogen-bond acceptors (Lipinski definition) is 4. The molecule has 0 saturated carbocycles. The predicted molar refractivity (Wildman–Crippen MR) is 32.2 cm³/mol. The second-order valence-electron chi connectivity index (χ2n) is 1.64. The average Bonchev–Trinajstić information content (AvgIpc) is 2.13. The molecule has 1 aromatic heterocycles. The van der Waals surface area contributed by atoms with Crippen LogP contribution >= 0.6 is 0 Å². The van der Waals surface area contributed by atoms with Crippen LogP contribution in [-0.4, -0.2) is 16.2 Å². The number of rotatable bonds is 1. The summed E-state index contributed by atoms with van der Waals surface area (Å²) < 4.78 is 4.50. The quantitative estimate of drug-likeness (QED) is 0.571. The van der Waals surface area contributed by atoms with Crippen LogP contribution in [0.3, 0.4) is 0 Å². The van der Waals surface area contributed by atoms with E-state index < -0.39 is 6.03 Å². The third-order valence-corrected chi connectivity index (χ3v) is 0.758. The van der Waals surface area contributed by atoms with E-state index in [0.29, 0.717) is 5.82 Å². The van der Waals surface area contributed by atoms with E-state index in [0.717, 1.165) is 0 Å². The summed E-state index contributed by atoms with van der Waals surface area (Å²) in [5, 5.41) is 5.54. The molecule has 6 nitrogen and oxygen atoms in total.